The summed E-state index contributed by atoms with van der Waals surface area (Å²) in [4.78, 5) is 0. The lowest BCUT2D eigenvalue weighted by atomic mass is 9.72. The Hall–Kier alpha value is -11.1. The van der Waals surface area contributed by atoms with Crippen molar-refractivity contribution in [3.63, 3.8) is 0 Å². The Kier molecular flexibility index (Phi) is 26.0. The zero-order valence-corrected chi connectivity index (χ0v) is 79.0. The van der Waals surface area contributed by atoms with Gasteiger partial charge in [-0.1, -0.05) is 224 Å². The largest absolute Gasteiger partial charge is 0.714 e. The Balaban J connectivity index is 0.616. The van der Waals surface area contributed by atoms with Crippen LogP contribution in [0.4, 0.5) is 0 Å². The molecule has 17 aromatic rings. The maximum Gasteiger partial charge on any atom is 0.316 e. The quantitative estimate of drug-likeness (QED) is 0.0116. The lowest BCUT2D eigenvalue weighted by Gasteiger charge is -2.32. The molecule has 0 saturated carbocycles. The second kappa shape index (κ2) is 38.1. The van der Waals surface area contributed by atoms with Crippen molar-refractivity contribution in [2.24, 2.45) is 0 Å². The van der Waals surface area contributed by atoms with Gasteiger partial charge in [0.25, 0.3) is 0 Å². The number of benzene rings is 17. The number of hydroxylamine groups is 6. The Morgan fingerprint density at radius 2 is 0.470 bits per heavy atom. The van der Waals surface area contributed by atoms with Crippen LogP contribution in [0.1, 0.15) is 220 Å². The van der Waals surface area contributed by atoms with E-state index in [-0.39, 0.29) is 11.7 Å². The van der Waals surface area contributed by atoms with E-state index in [4.69, 9.17) is 37.9 Å². The van der Waals surface area contributed by atoms with Crippen molar-refractivity contribution in [3.05, 3.63) is 215 Å². The van der Waals surface area contributed by atoms with Gasteiger partial charge in [0.2, 0.25) is 0 Å². The van der Waals surface area contributed by atoms with Crippen LogP contribution in [0.25, 0.3) is 152 Å². The number of aryl methyl sites for hydroxylation is 2. The Morgan fingerprint density at radius 1 is 0.250 bits per heavy atom. The summed E-state index contributed by atoms with van der Waals surface area (Å²) in [6, 6.07) is 66.4. The second-order valence-electron chi connectivity index (χ2n) is 39.6. The summed E-state index contributed by atoms with van der Waals surface area (Å²) in [5.41, 5.74) is 4.91. The van der Waals surface area contributed by atoms with Crippen molar-refractivity contribution in [2.45, 2.75) is 233 Å². The van der Waals surface area contributed by atoms with Gasteiger partial charge in [0.05, 0.1) is 64.0 Å². The first-order chi connectivity index (χ1) is 64.2. The van der Waals surface area contributed by atoms with Crippen LogP contribution in [-0.4, -0.2) is 133 Å². The van der Waals surface area contributed by atoms with Crippen molar-refractivity contribution in [1.29, 1.82) is 0 Å². The second-order valence-corrected chi connectivity index (χ2v) is 39.6. The molecule has 0 unspecified atom stereocenters. The predicted molar refractivity (Wildman–Crippen MR) is 541 cm³/mol. The minimum atomic E-state index is -0.893. The molecule has 0 amide bonds. The number of nitrogens with zero attached hydrogens (tertiary/aromatic N) is 4. The van der Waals surface area contributed by atoms with Crippen molar-refractivity contribution < 1.29 is 57.8 Å². The number of hydrogen-bond acceptors (Lipinski definition) is 12. The van der Waals surface area contributed by atoms with Crippen LogP contribution in [0.15, 0.2) is 182 Å². The summed E-state index contributed by atoms with van der Waals surface area (Å²) in [6.07, 6.45) is 28.4. The van der Waals surface area contributed by atoms with Gasteiger partial charge >= 0.3 is 11.7 Å². The first-order valence-electron chi connectivity index (χ1n) is 49.3. The molecule has 132 heavy (non-hydrogen) atoms. The number of amidine groups is 2. The molecule has 16 heteroatoms. The summed E-state index contributed by atoms with van der Waals surface area (Å²) in [5.74, 6) is 2.98. The lowest BCUT2D eigenvalue weighted by molar-refractivity contribution is -0.539. The lowest BCUT2D eigenvalue weighted by Crippen LogP contribution is -2.53. The third-order valence-corrected chi connectivity index (χ3v) is 30.3. The van der Waals surface area contributed by atoms with Gasteiger partial charge in [0, 0.05) is 10.4 Å². The molecule has 0 fully saturated rings. The number of ether oxygens (including phenoxy) is 8. The molecule has 684 valence electrons. The van der Waals surface area contributed by atoms with Crippen molar-refractivity contribution >= 4 is 141 Å². The fraction of sp³-hybridized carbons (Fsp3) is 0.414. The Morgan fingerprint density at radius 3 is 0.727 bits per heavy atom. The van der Waals surface area contributed by atoms with E-state index < -0.39 is 22.2 Å². The van der Waals surface area contributed by atoms with Crippen LogP contribution < -0.4 is 18.9 Å². The fourth-order valence-corrected chi connectivity index (χ4v) is 21.6. The van der Waals surface area contributed by atoms with Gasteiger partial charge in [0.15, 0.2) is 11.1 Å². The van der Waals surface area contributed by atoms with E-state index in [0.717, 1.165) is 66.2 Å². The Bertz CT molecular complexity index is 6520. The summed E-state index contributed by atoms with van der Waals surface area (Å²) < 4.78 is 50.1. The molecule has 17 aromatic carbocycles. The summed E-state index contributed by atoms with van der Waals surface area (Å²) in [5, 5.41) is 87.0. The molecule has 2 heterocycles. The third kappa shape index (κ3) is 16.5. The molecule has 2 aliphatic rings. The minimum Gasteiger partial charge on any atom is -0.714 e. The zero-order chi connectivity index (χ0) is 91.2. The standard InChI is InChI=1S/C116H128N4O12/c1-11-13-15-17-19-21-23-25-27-29-33-75-67-91-87-35-31-37-89-95-71-81(77-39-47-83(48-40-77)129-63-59-125-55-57-127-61-65-131-85-51-43-79(44-52-85)111-117(121)113(3,4)114(5,6)118(111)122)73-97-98-74-82(78-41-49-84(50-42-78)130-64-60-126-56-58-128-62-66-132-86-53-45-80(46-54-86)112-119(123)115(7,8)116(9,10)120(112)124)72-96-90-38-32-36-88-92-68-76(34-30-28-26-24-22-20-18-16-14-12-2)70-94-93(69-75)101(91)107-105(99(87)89)109(103(95)97)110(104(96)98)106(100(88)90)108(107)102(92)94/h31-32,35-54,67-74H,11-30,33-34,55-66H2,1-10H3. The minimum absolute atomic E-state index is 0.102. The van der Waals surface area contributed by atoms with Gasteiger partial charge < -0.3 is 48.3 Å². The summed E-state index contributed by atoms with van der Waals surface area (Å²) in [7, 11) is 0. The molecular formula is C116H128N4O12. The van der Waals surface area contributed by atoms with E-state index in [2.05, 4.69) is 147 Å². The highest BCUT2D eigenvalue weighted by atomic mass is 16.6. The van der Waals surface area contributed by atoms with E-state index in [1.807, 2.05) is 0 Å². The van der Waals surface area contributed by atoms with Gasteiger partial charge in [-0.15, -0.1) is 0 Å². The zero-order valence-electron chi connectivity index (χ0n) is 79.0. The SMILES string of the molecule is CCCCCCCCCCCCc1cc2c3cccc4c5cc(-c6ccc(OCCOCCOCCOc7ccc(C8=[N+]([O-])C(C)(C)C(C)(C)N8[O])cc7)cc6)cc6c7cc(-c8ccc(OCCOCCOCCOc9ccc(C%10=[N+]([O-])C(C)(C)C(C)(C)N%10[O])cc9)cc8)cc8c9cccc%10c%11cc(CCCCCCCCCCCC)cc%12c(c1)c2c1c(c34)c(c56)c(c87)c(c%109)c1c%11%12. The summed E-state index contributed by atoms with van der Waals surface area (Å²) >= 11 is 0. The van der Waals surface area contributed by atoms with E-state index in [9.17, 15) is 20.8 Å². The third-order valence-electron chi connectivity index (χ3n) is 30.3. The maximum absolute atomic E-state index is 13.2. The van der Waals surface area contributed by atoms with Crippen LogP contribution in [0.5, 0.6) is 23.0 Å². The first-order valence-corrected chi connectivity index (χ1v) is 49.3. The number of rotatable bonds is 48. The molecular weight excluding hydrogens is 1640 g/mol. The van der Waals surface area contributed by atoms with E-state index in [0.29, 0.717) is 102 Å². The average molecular weight is 1770 g/mol. The monoisotopic (exact) mass is 1770 g/mol. The highest BCUT2D eigenvalue weighted by Crippen LogP contribution is 2.62. The van der Waals surface area contributed by atoms with Crippen LogP contribution >= 0.6 is 0 Å². The number of unbranched alkanes of at least 4 members (excludes halogenated alkanes) is 18. The van der Waals surface area contributed by atoms with Crippen molar-refractivity contribution in [3.8, 4) is 45.3 Å². The van der Waals surface area contributed by atoms with E-state index in [1.54, 1.807) is 104 Å². The maximum atomic E-state index is 13.2. The van der Waals surface area contributed by atoms with Crippen molar-refractivity contribution in [2.75, 3.05) is 79.3 Å². The molecule has 0 N–H and O–H groups in total. The van der Waals surface area contributed by atoms with E-state index >= 15 is 0 Å². The van der Waals surface area contributed by atoms with Gasteiger partial charge in [-0.25, -0.2) is 0 Å². The van der Waals surface area contributed by atoms with Gasteiger partial charge in [-0.05, 0) is 341 Å². The van der Waals surface area contributed by atoms with Gasteiger partial charge in [-0.2, -0.15) is 0 Å². The van der Waals surface area contributed by atoms with Gasteiger partial charge in [0.1, 0.15) is 60.5 Å². The molecule has 0 saturated heterocycles. The average Bonchev–Trinajstić information content (AvgIpc) is 0.825. The van der Waals surface area contributed by atoms with Crippen LogP contribution in [0.3, 0.4) is 0 Å². The molecule has 0 aromatic heterocycles. The predicted octanol–water partition coefficient (Wildman–Crippen LogP) is 28.3. The van der Waals surface area contributed by atoms with Crippen LogP contribution in [0.2, 0.25) is 0 Å². The molecule has 2 radical (unpaired) electrons. The molecule has 16 nitrogen and oxygen atoms in total. The molecule has 2 aliphatic heterocycles. The fourth-order valence-electron chi connectivity index (χ4n) is 21.6. The molecule has 0 spiro atoms. The highest BCUT2D eigenvalue weighted by molar-refractivity contribution is 6.61. The summed E-state index contributed by atoms with van der Waals surface area (Å²) in [6.45, 7) is 23.5. The smallest absolute Gasteiger partial charge is 0.316 e. The molecule has 0 atom stereocenters. The van der Waals surface area contributed by atoms with E-state index in [1.165, 1.54) is 269 Å². The molecule has 19 rings (SSSR count). The first kappa shape index (κ1) is 90.1. The normalized spacial score (nSPS) is 15.3. The molecule has 0 aliphatic carbocycles. The van der Waals surface area contributed by atoms with Gasteiger partial charge in [-0.3, -0.25) is 9.48 Å². The number of fused-ring (bicyclic) bond motifs is 6. The van der Waals surface area contributed by atoms with Crippen molar-refractivity contribution in [1.82, 2.24) is 10.1 Å². The topological polar surface area (TPSA) is 172 Å². The molecule has 0 bridgehead atoms. The van der Waals surface area contributed by atoms with Crippen LogP contribution in [0, 0.1) is 10.4 Å². The Labute approximate surface area is 776 Å². The number of hydrogen-bond donors (Lipinski definition) is 0. The van der Waals surface area contributed by atoms with Crippen LogP contribution in [-0.2, 0) is 42.2 Å². The highest BCUT2D eigenvalue weighted by Gasteiger charge is 2.61.